The van der Waals surface area contributed by atoms with Crippen molar-refractivity contribution in [1.82, 2.24) is 0 Å². The van der Waals surface area contributed by atoms with Gasteiger partial charge in [-0.25, -0.2) is 0 Å². The molecule has 0 aromatic rings. The Morgan fingerprint density at radius 2 is 0.333 bits per heavy atom. The van der Waals surface area contributed by atoms with E-state index in [1.807, 2.05) is 0 Å². The minimum Gasteiger partial charge on any atom is 0 e. The third-order valence-electron chi connectivity index (χ3n) is 0. The van der Waals surface area contributed by atoms with Crippen LogP contribution in [-0.4, -0.2) is 0 Å². The quantitative estimate of drug-likeness (QED) is 0.551. The number of rotatable bonds is 0. The first-order valence-electron chi connectivity index (χ1n) is 0. The fourth-order valence-corrected chi connectivity index (χ4v) is 0. The van der Waals surface area contributed by atoms with Crippen molar-refractivity contribution < 1.29 is 115 Å². The van der Waals surface area contributed by atoms with Crippen LogP contribution in [0.15, 0.2) is 0 Å². The zero-order valence-electron chi connectivity index (χ0n) is 2.45. The molecule has 0 saturated heterocycles. The van der Waals surface area contributed by atoms with Gasteiger partial charge in [-0.2, -0.15) is 0 Å². The Morgan fingerprint density at radius 3 is 0.333 bits per heavy atom. The van der Waals surface area contributed by atoms with Crippen LogP contribution in [0.3, 0.4) is 0 Å². The second-order valence-electron chi connectivity index (χ2n) is 0. The predicted octanol–water partition coefficient (Wildman–Crippen LogP) is -0.0150. The van der Waals surface area contributed by atoms with Gasteiger partial charge in [-0.15, -0.1) is 0 Å². The minimum atomic E-state index is 0. The van der Waals surface area contributed by atoms with E-state index in [0.717, 1.165) is 0 Å². The molecule has 0 nitrogen and oxygen atoms in total. The van der Waals surface area contributed by atoms with E-state index in [4.69, 9.17) is 0 Å². The summed E-state index contributed by atoms with van der Waals surface area (Å²) in [6.45, 7) is 0. The molecule has 0 rings (SSSR count). The second kappa shape index (κ2) is 38.2. The van der Waals surface area contributed by atoms with Gasteiger partial charge < -0.3 is 0 Å². The van der Waals surface area contributed by atoms with Crippen molar-refractivity contribution in [2.45, 2.75) is 0 Å². The molecule has 0 unspecified atom stereocenters. The summed E-state index contributed by atoms with van der Waals surface area (Å²) in [7, 11) is 0. The van der Waals surface area contributed by atoms with E-state index < -0.39 is 0 Å². The van der Waals surface area contributed by atoms with Gasteiger partial charge in [0.2, 0.25) is 0 Å². The average Bonchev–Trinajstić information content (AvgIpc) is 0. The van der Waals surface area contributed by atoms with Gasteiger partial charge in [0.25, 0.3) is 0 Å². The molecule has 0 aliphatic heterocycles. The van der Waals surface area contributed by atoms with Crippen molar-refractivity contribution in [2.75, 3.05) is 0 Å². The zero-order chi connectivity index (χ0) is 0. The Morgan fingerprint density at radius 1 is 0.333 bits per heavy atom. The van der Waals surface area contributed by atoms with Gasteiger partial charge in [-0.05, 0) is 0 Å². The Hall–Kier alpha value is 3.62. The Bertz CT molecular complexity index is 6.00. The van der Waals surface area contributed by atoms with Gasteiger partial charge in [-0.3, -0.25) is 0 Å². The maximum atomic E-state index is 0. The van der Waals surface area contributed by atoms with Crippen molar-refractivity contribution in [1.29, 1.82) is 0 Å². The zero-order valence-corrected chi connectivity index (χ0v) is 10.1. The van der Waals surface area contributed by atoms with E-state index in [0.29, 0.717) is 0 Å². The topological polar surface area (TPSA) is 0 Å². The molecule has 0 heterocycles. The summed E-state index contributed by atoms with van der Waals surface area (Å²) in [6, 6.07) is 0. The van der Waals surface area contributed by atoms with Gasteiger partial charge in [0, 0.05) is 115 Å². The third kappa shape index (κ3) is 25.5. The van der Waals surface area contributed by atoms with Crippen molar-refractivity contribution >= 4 is 0 Å². The molecule has 0 radical (unpaired) electrons. The smallest absolute Gasteiger partial charge is 0 e. The average molecular weight is 320 g/mol. The largest absolute Gasteiger partial charge is 0 e. The monoisotopic (exact) mass is 318 g/mol. The molecule has 0 N–H and O–H groups in total. The van der Waals surface area contributed by atoms with Crippen molar-refractivity contribution in [3.05, 3.63) is 0 Å². The summed E-state index contributed by atoms with van der Waals surface area (Å²) in [5, 5.41) is 0. The Balaban J connectivity index is 0. The van der Waals surface area contributed by atoms with Crippen molar-refractivity contribution in [3.63, 3.8) is 0 Å². The van der Waals surface area contributed by atoms with E-state index in [2.05, 4.69) is 0 Å². The van der Waals surface area contributed by atoms with Crippen molar-refractivity contribution in [2.24, 2.45) is 0 Å². The Labute approximate surface area is 113 Å². The van der Waals surface area contributed by atoms with Crippen LogP contribution in [0.2, 0.25) is 0 Å². The molecule has 0 atom stereocenters. The molecule has 42 valence electrons. The summed E-state index contributed by atoms with van der Waals surface area (Å²) in [5.41, 5.74) is 0. The molecule has 0 fully saturated rings. The van der Waals surface area contributed by atoms with E-state index in [-0.39, 0.29) is 115 Å². The van der Waals surface area contributed by atoms with Crippen LogP contribution in [0, 0.1) is 0 Å². The van der Waals surface area contributed by atoms with E-state index in [9.17, 15) is 0 Å². The molecule has 6 heteroatoms. The molecule has 0 amide bonds. The molecule has 0 saturated carbocycles. The summed E-state index contributed by atoms with van der Waals surface area (Å²) in [6.07, 6.45) is 0. The molecule has 0 aliphatic rings. The second-order valence-corrected chi connectivity index (χ2v) is 0. The maximum absolute atomic E-state index is 0. The van der Waals surface area contributed by atoms with Crippen LogP contribution >= 0.6 is 0 Å². The summed E-state index contributed by atoms with van der Waals surface area (Å²) < 4.78 is 0. The van der Waals surface area contributed by atoms with Crippen LogP contribution in [-0.2, 0) is 115 Å². The Kier molecular flexibility index (Phi) is 347. The third-order valence-corrected chi connectivity index (χ3v) is 0. The van der Waals surface area contributed by atoms with E-state index in [1.165, 1.54) is 0 Å². The van der Waals surface area contributed by atoms with Crippen LogP contribution in [0.5, 0.6) is 0 Å². The van der Waals surface area contributed by atoms with Crippen LogP contribution in [0.25, 0.3) is 0 Å². The van der Waals surface area contributed by atoms with E-state index >= 15 is 0 Å². The molecule has 6 heavy (non-hydrogen) atoms. The van der Waals surface area contributed by atoms with E-state index in [1.54, 1.807) is 0 Å². The fourth-order valence-electron chi connectivity index (χ4n) is 0. The van der Waals surface area contributed by atoms with Gasteiger partial charge in [0.1, 0.15) is 0 Å². The minimum absolute atomic E-state index is 0. The molecule has 0 aromatic heterocycles. The molecule has 0 aliphatic carbocycles. The van der Waals surface area contributed by atoms with Gasteiger partial charge in [0.05, 0.1) is 0 Å². The van der Waals surface area contributed by atoms with Gasteiger partial charge in [0.15, 0.2) is 0 Å². The first-order valence-corrected chi connectivity index (χ1v) is 0. The normalized spacial score (nSPS) is 0. The molecule has 0 bridgehead atoms. The summed E-state index contributed by atoms with van der Waals surface area (Å²) in [4.78, 5) is 0. The summed E-state index contributed by atoms with van der Waals surface area (Å²) in [5.74, 6) is 0. The van der Waals surface area contributed by atoms with Crippen LogP contribution in [0.4, 0.5) is 0 Å². The van der Waals surface area contributed by atoms with Crippen LogP contribution < -0.4 is 0 Å². The van der Waals surface area contributed by atoms with Crippen molar-refractivity contribution in [3.8, 4) is 0 Å². The number of hydrogen-bond acceptors (Lipinski definition) is 0. The number of hydrogen-bond donors (Lipinski definition) is 0. The molecular weight excluding hydrogens is 320 g/mol. The maximum Gasteiger partial charge on any atom is 0 e. The van der Waals surface area contributed by atoms with Gasteiger partial charge >= 0.3 is 0 Å². The predicted molar refractivity (Wildman–Crippen MR) is 0 cm³/mol. The van der Waals surface area contributed by atoms with Crippen LogP contribution in [0.1, 0.15) is 0 Å². The fraction of sp³-hybridized carbons (Fsp3) is 0. The SMILES string of the molecule is [Ni].[Ni].[Ni].[Ti].[Ti].[Ti]. The summed E-state index contributed by atoms with van der Waals surface area (Å²) >= 11 is 0. The van der Waals surface area contributed by atoms with Gasteiger partial charge in [-0.1, -0.05) is 0 Å². The molecular formula is Ni3Ti3. The first-order chi connectivity index (χ1) is 0. The molecule has 0 aromatic carbocycles. The molecule has 0 spiro atoms. The standard InChI is InChI=1S/3Ni.3Ti. The first kappa shape index (κ1) is 54.5.